The molecule has 0 unspecified atom stereocenters. The highest BCUT2D eigenvalue weighted by Gasteiger charge is 2.30. The Morgan fingerprint density at radius 3 is 1.11 bits per heavy atom. The summed E-state index contributed by atoms with van der Waals surface area (Å²) < 4.78 is 6.85. The number of para-hydroxylation sites is 1. The van der Waals surface area contributed by atoms with Gasteiger partial charge in [-0.1, -0.05) is 119 Å². The van der Waals surface area contributed by atoms with E-state index in [1.54, 1.807) is 0 Å². The molecule has 0 radical (unpaired) electrons. The maximum absolute atomic E-state index is 6.85. The molecule has 1 heterocycles. The van der Waals surface area contributed by atoms with Crippen LogP contribution >= 0.6 is 0 Å². The van der Waals surface area contributed by atoms with Crippen molar-refractivity contribution in [1.82, 2.24) is 0 Å². The van der Waals surface area contributed by atoms with Crippen LogP contribution in [-0.4, -0.2) is 0 Å². The van der Waals surface area contributed by atoms with Gasteiger partial charge < -0.3 is 19.4 Å². The third-order valence-corrected chi connectivity index (χ3v) is 10.5. The Bertz CT molecular complexity index is 2400. The molecule has 0 N–H and O–H groups in total. The van der Waals surface area contributed by atoms with Gasteiger partial charge in [0.2, 0.25) is 0 Å². The number of hydrogen-bond acceptors (Lipinski definition) is 4. The molecule has 1 aliphatic rings. The molecule has 0 aromatic heterocycles. The van der Waals surface area contributed by atoms with Crippen LogP contribution < -0.4 is 19.4 Å². The SMILES string of the molecule is Cc1ccc(N(c2ccc(C)cc2)c2ccc3c(c2)N(c2ccccc2-c2ccccc2)c2cc(N(c4ccc(C)cc4)c4ccc(C)cc4)ccc2O3)cc1. The van der Waals surface area contributed by atoms with Crippen molar-refractivity contribution in [2.75, 3.05) is 14.7 Å². The van der Waals surface area contributed by atoms with Crippen LogP contribution in [-0.2, 0) is 0 Å². The van der Waals surface area contributed by atoms with Crippen LogP contribution in [0.2, 0.25) is 0 Å². The maximum Gasteiger partial charge on any atom is 0.151 e. The minimum atomic E-state index is 0.790. The van der Waals surface area contributed by atoms with Gasteiger partial charge in [0, 0.05) is 39.7 Å². The van der Waals surface area contributed by atoms with Gasteiger partial charge in [-0.05, 0) is 124 Å². The number of rotatable bonds is 8. The molecule has 0 bridgehead atoms. The second kappa shape index (κ2) is 14.7. The molecule has 0 atom stereocenters. The monoisotopic (exact) mass is 725 g/mol. The number of benzene rings is 8. The predicted molar refractivity (Wildman–Crippen MR) is 235 cm³/mol. The summed E-state index contributed by atoms with van der Waals surface area (Å²) in [6.07, 6.45) is 0. The van der Waals surface area contributed by atoms with Crippen molar-refractivity contribution in [3.8, 4) is 22.6 Å². The van der Waals surface area contributed by atoms with E-state index >= 15 is 0 Å². The molecule has 4 heteroatoms. The first kappa shape index (κ1) is 34.7. The van der Waals surface area contributed by atoms with Gasteiger partial charge >= 0.3 is 0 Å². The molecule has 8 aromatic rings. The lowest BCUT2D eigenvalue weighted by Crippen LogP contribution is -2.19. The predicted octanol–water partition coefficient (Wildman–Crippen LogP) is 15.1. The number of ether oxygens (including phenoxy) is 1. The highest BCUT2D eigenvalue weighted by Crippen LogP contribution is 2.55. The van der Waals surface area contributed by atoms with E-state index in [0.717, 1.165) is 73.8 Å². The summed E-state index contributed by atoms with van der Waals surface area (Å²) in [6, 6.07) is 67.3. The standard InChI is InChI=1S/C52H43N3O/c1-36-14-22-41(23-15-36)53(42-24-16-37(2)17-25-42)45-30-32-51-49(34-45)55(48-13-9-8-12-47(48)40-10-6-5-7-11-40)50-35-46(31-33-52(50)56-51)54(43-26-18-38(3)19-27-43)44-28-20-39(4)21-29-44/h5-35H,1-4H3. The summed E-state index contributed by atoms with van der Waals surface area (Å²) in [4.78, 5) is 7.03. The first-order chi connectivity index (χ1) is 27.4. The molecule has 4 nitrogen and oxygen atoms in total. The molecule has 1 aliphatic heterocycles. The molecule has 0 spiro atoms. The zero-order valence-corrected chi connectivity index (χ0v) is 32.1. The number of nitrogens with zero attached hydrogens (tertiary/aromatic N) is 3. The number of anilines is 9. The van der Waals surface area contributed by atoms with E-state index in [4.69, 9.17) is 4.74 Å². The van der Waals surface area contributed by atoms with Crippen molar-refractivity contribution in [3.63, 3.8) is 0 Å². The van der Waals surface area contributed by atoms with E-state index in [1.165, 1.54) is 22.3 Å². The molecular weight excluding hydrogens is 683 g/mol. The molecule has 0 fully saturated rings. The molecule has 0 amide bonds. The normalized spacial score (nSPS) is 11.7. The van der Waals surface area contributed by atoms with Crippen LogP contribution in [0.5, 0.6) is 11.5 Å². The van der Waals surface area contributed by atoms with E-state index in [9.17, 15) is 0 Å². The topological polar surface area (TPSA) is 19.0 Å². The Balaban J connectivity index is 1.27. The van der Waals surface area contributed by atoms with Crippen molar-refractivity contribution in [3.05, 3.63) is 210 Å². The van der Waals surface area contributed by atoms with Crippen molar-refractivity contribution < 1.29 is 4.74 Å². The van der Waals surface area contributed by atoms with Gasteiger partial charge in [-0.25, -0.2) is 0 Å². The van der Waals surface area contributed by atoms with E-state index in [0.29, 0.717) is 0 Å². The molecule has 272 valence electrons. The average molecular weight is 726 g/mol. The van der Waals surface area contributed by atoms with E-state index < -0.39 is 0 Å². The quantitative estimate of drug-likeness (QED) is 0.155. The molecule has 56 heavy (non-hydrogen) atoms. The van der Waals surface area contributed by atoms with Crippen LogP contribution in [0.15, 0.2) is 188 Å². The van der Waals surface area contributed by atoms with Crippen molar-refractivity contribution >= 4 is 51.2 Å². The van der Waals surface area contributed by atoms with E-state index in [2.05, 4.69) is 230 Å². The summed E-state index contributed by atoms with van der Waals surface area (Å²) in [5, 5.41) is 0. The summed E-state index contributed by atoms with van der Waals surface area (Å²) in [5.41, 5.74) is 16.5. The largest absolute Gasteiger partial charge is 0.453 e. The fraction of sp³-hybridized carbons (Fsp3) is 0.0769. The van der Waals surface area contributed by atoms with Gasteiger partial charge in [-0.2, -0.15) is 0 Å². The van der Waals surface area contributed by atoms with Crippen LogP contribution in [0.25, 0.3) is 11.1 Å². The lowest BCUT2D eigenvalue weighted by Gasteiger charge is -2.36. The minimum Gasteiger partial charge on any atom is -0.453 e. The fourth-order valence-corrected chi connectivity index (χ4v) is 7.52. The van der Waals surface area contributed by atoms with Crippen LogP contribution in [0.1, 0.15) is 22.3 Å². The van der Waals surface area contributed by atoms with Crippen LogP contribution in [0.4, 0.5) is 51.2 Å². The smallest absolute Gasteiger partial charge is 0.151 e. The van der Waals surface area contributed by atoms with Crippen molar-refractivity contribution in [1.29, 1.82) is 0 Å². The molecule has 8 aromatic carbocycles. The molecule has 0 saturated carbocycles. The first-order valence-corrected chi connectivity index (χ1v) is 19.2. The first-order valence-electron chi connectivity index (χ1n) is 19.2. The van der Waals surface area contributed by atoms with Gasteiger partial charge in [-0.3, -0.25) is 0 Å². The number of aryl methyl sites for hydroxylation is 4. The lowest BCUT2D eigenvalue weighted by atomic mass is 10.0. The Morgan fingerprint density at radius 2 is 0.696 bits per heavy atom. The zero-order valence-electron chi connectivity index (χ0n) is 32.1. The van der Waals surface area contributed by atoms with Gasteiger partial charge in [0.05, 0.1) is 17.1 Å². The molecule has 9 rings (SSSR count). The third-order valence-electron chi connectivity index (χ3n) is 10.5. The summed E-state index contributed by atoms with van der Waals surface area (Å²) in [6.45, 7) is 8.51. The Labute approximate surface area is 330 Å². The highest BCUT2D eigenvalue weighted by atomic mass is 16.5. The zero-order chi connectivity index (χ0) is 38.2. The lowest BCUT2D eigenvalue weighted by molar-refractivity contribution is 0.477. The van der Waals surface area contributed by atoms with Gasteiger partial charge in [-0.15, -0.1) is 0 Å². The highest BCUT2D eigenvalue weighted by molar-refractivity contribution is 5.96. The van der Waals surface area contributed by atoms with Gasteiger partial charge in [0.15, 0.2) is 11.5 Å². The molecule has 0 aliphatic carbocycles. The maximum atomic E-state index is 6.85. The second-order valence-electron chi connectivity index (χ2n) is 14.6. The second-order valence-corrected chi connectivity index (χ2v) is 14.6. The van der Waals surface area contributed by atoms with Gasteiger partial charge in [0.1, 0.15) is 0 Å². The van der Waals surface area contributed by atoms with Gasteiger partial charge in [0.25, 0.3) is 0 Å². The Hall–Kier alpha value is -7.04. The van der Waals surface area contributed by atoms with Crippen molar-refractivity contribution in [2.45, 2.75) is 27.7 Å². The Morgan fingerprint density at radius 1 is 0.339 bits per heavy atom. The third kappa shape index (κ3) is 6.67. The molecular formula is C52H43N3O. The van der Waals surface area contributed by atoms with Crippen LogP contribution in [0.3, 0.4) is 0 Å². The number of hydrogen-bond donors (Lipinski definition) is 0. The summed E-state index contributed by atoms with van der Waals surface area (Å²) >= 11 is 0. The molecule has 0 saturated heterocycles. The van der Waals surface area contributed by atoms with Crippen molar-refractivity contribution in [2.24, 2.45) is 0 Å². The Kier molecular flexibility index (Phi) is 9.08. The average Bonchev–Trinajstić information content (AvgIpc) is 3.23. The van der Waals surface area contributed by atoms with E-state index in [-0.39, 0.29) is 0 Å². The van der Waals surface area contributed by atoms with Crippen LogP contribution in [0, 0.1) is 27.7 Å². The summed E-state index contributed by atoms with van der Waals surface area (Å²) in [7, 11) is 0. The fourth-order valence-electron chi connectivity index (χ4n) is 7.52. The minimum absolute atomic E-state index is 0.790. The summed E-state index contributed by atoms with van der Waals surface area (Å²) in [5.74, 6) is 1.58. The van der Waals surface area contributed by atoms with E-state index in [1.807, 2.05) is 0 Å². The number of fused-ring (bicyclic) bond motifs is 2.